The fourth-order valence-corrected chi connectivity index (χ4v) is 2.97. The van der Waals surface area contributed by atoms with E-state index in [9.17, 15) is 18.0 Å². The molecule has 1 heterocycles. The largest absolute Gasteiger partial charge is 0.416 e. The lowest BCUT2D eigenvalue weighted by Crippen LogP contribution is -2.25. The molecule has 1 N–H and O–H groups in total. The Morgan fingerprint density at radius 3 is 2.45 bits per heavy atom. The number of carbonyl (C=O) groups is 1. The molecule has 0 unspecified atom stereocenters. The first-order chi connectivity index (χ1) is 10.2. The van der Waals surface area contributed by atoms with E-state index in [2.05, 4.69) is 10.3 Å². The maximum Gasteiger partial charge on any atom is 0.416 e. The van der Waals surface area contributed by atoms with Gasteiger partial charge in [-0.25, -0.2) is 0 Å². The highest BCUT2D eigenvalue weighted by atomic mass is 32.2. The quantitative estimate of drug-likeness (QED) is 0.824. The highest BCUT2D eigenvalue weighted by molar-refractivity contribution is 8.18. The zero-order valence-corrected chi connectivity index (χ0v) is 13.1. The highest BCUT2D eigenvalue weighted by Crippen LogP contribution is 2.35. The van der Waals surface area contributed by atoms with Gasteiger partial charge in [0.25, 0.3) is 5.91 Å². The van der Waals surface area contributed by atoms with Crippen molar-refractivity contribution >= 4 is 22.8 Å². The molecule has 1 aromatic rings. The van der Waals surface area contributed by atoms with Gasteiger partial charge >= 0.3 is 6.18 Å². The van der Waals surface area contributed by atoms with Crippen LogP contribution < -0.4 is 5.32 Å². The van der Waals surface area contributed by atoms with Crippen molar-refractivity contribution in [3.05, 3.63) is 45.9 Å². The van der Waals surface area contributed by atoms with Gasteiger partial charge < -0.3 is 5.32 Å². The molecule has 0 spiro atoms. The minimum atomic E-state index is -4.42. The van der Waals surface area contributed by atoms with Crippen molar-refractivity contribution in [1.29, 1.82) is 0 Å². The minimum absolute atomic E-state index is 0.122. The van der Waals surface area contributed by atoms with E-state index in [0.29, 0.717) is 10.1 Å². The zero-order valence-electron chi connectivity index (χ0n) is 12.3. The summed E-state index contributed by atoms with van der Waals surface area (Å²) in [5.74, 6) is -0.358. The van der Waals surface area contributed by atoms with Gasteiger partial charge in [-0.2, -0.15) is 18.2 Å². The van der Waals surface area contributed by atoms with Crippen molar-refractivity contribution in [1.82, 2.24) is 5.32 Å². The second-order valence-corrected chi connectivity index (χ2v) is 6.10. The molecule has 1 aliphatic rings. The molecule has 0 radical (unpaired) electrons. The fraction of sp³-hybridized carbons (Fsp3) is 0.333. The summed E-state index contributed by atoms with van der Waals surface area (Å²) in [6.45, 7) is 5.20. The average Bonchev–Trinajstić information content (AvgIpc) is 2.78. The smallest absolute Gasteiger partial charge is 0.358 e. The number of alkyl halides is 3. The predicted octanol–water partition coefficient (Wildman–Crippen LogP) is 4.28. The number of amides is 1. The average molecular weight is 328 g/mol. The number of amidine groups is 1. The normalized spacial score (nSPS) is 16.5. The van der Waals surface area contributed by atoms with Gasteiger partial charge in [-0.1, -0.05) is 23.8 Å². The summed E-state index contributed by atoms with van der Waals surface area (Å²) in [5, 5.41) is 3.21. The molecule has 2 rings (SSSR count). The van der Waals surface area contributed by atoms with Gasteiger partial charge in [0.1, 0.15) is 0 Å². The molecule has 7 heteroatoms. The van der Waals surface area contributed by atoms with Crippen LogP contribution in [0.5, 0.6) is 0 Å². The summed E-state index contributed by atoms with van der Waals surface area (Å²) in [6.07, 6.45) is -4.42. The Hall–Kier alpha value is -1.76. The second kappa shape index (κ2) is 6.16. The van der Waals surface area contributed by atoms with Crippen molar-refractivity contribution in [2.45, 2.75) is 33.0 Å². The van der Waals surface area contributed by atoms with Crippen LogP contribution in [0.3, 0.4) is 0 Å². The first kappa shape index (κ1) is 16.6. The number of carbonyl (C=O) groups excluding carboxylic acids is 1. The summed E-state index contributed by atoms with van der Waals surface area (Å²) >= 11 is 1.15. The Kier molecular flexibility index (Phi) is 4.65. The molecular weight excluding hydrogens is 313 g/mol. The standard InChI is InChI=1S/C15H15F3N2OS/c1-8(2)12-13(21)20-14(22-12)19-9(3)10-6-4-5-7-11(10)15(16,17)18/h4-7,9H,1-3H3,(H,19,20,21)/t9-/m0/s1. The van der Waals surface area contributed by atoms with Gasteiger partial charge in [0.15, 0.2) is 5.17 Å². The van der Waals surface area contributed by atoms with E-state index >= 15 is 0 Å². The molecule has 0 fully saturated rings. The van der Waals surface area contributed by atoms with E-state index in [-0.39, 0.29) is 11.5 Å². The molecule has 1 amide bonds. The maximum absolute atomic E-state index is 13.0. The van der Waals surface area contributed by atoms with Crippen molar-refractivity contribution in [3.8, 4) is 0 Å². The number of halogens is 3. The molecule has 118 valence electrons. The maximum atomic E-state index is 13.0. The van der Waals surface area contributed by atoms with E-state index < -0.39 is 17.8 Å². The Morgan fingerprint density at radius 1 is 1.27 bits per heavy atom. The molecule has 0 saturated carbocycles. The highest BCUT2D eigenvalue weighted by Gasteiger charge is 2.34. The Labute approximate surface area is 130 Å². The summed E-state index contributed by atoms with van der Waals surface area (Å²) in [6, 6.07) is 4.76. The number of thioether (sulfide) groups is 1. The van der Waals surface area contributed by atoms with E-state index in [1.54, 1.807) is 26.8 Å². The van der Waals surface area contributed by atoms with Crippen molar-refractivity contribution in [2.24, 2.45) is 4.99 Å². The summed E-state index contributed by atoms with van der Waals surface area (Å²) in [7, 11) is 0. The van der Waals surface area contributed by atoms with E-state index in [0.717, 1.165) is 23.4 Å². The van der Waals surface area contributed by atoms with Gasteiger partial charge in [0.2, 0.25) is 0 Å². The van der Waals surface area contributed by atoms with Gasteiger partial charge in [-0.15, -0.1) is 0 Å². The lowest BCUT2D eigenvalue weighted by Gasteiger charge is -2.19. The monoisotopic (exact) mass is 328 g/mol. The first-order valence-corrected chi connectivity index (χ1v) is 7.43. The number of nitrogens with zero attached hydrogens (tertiary/aromatic N) is 1. The third kappa shape index (κ3) is 3.52. The molecule has 1 aromatic carbocycles. The first-order valence-electron chi connectivity index (χ1n) is 6.61. The molecule has 0 saturated heterocycles. The fourth-order valence-electron chi connectivity index (χ4n) is 2.08. The predicted molar refractivity (Wildman–Crippen MR) is 81.4 cm³/mol. The number of hydrogen-bond donors (Lipinski definition) is 1. The third-order valence-electron chi connectivity index (χ3n) is 3.12. The Morgan fingerprint density at radius 2 is 1.91 bits per heavy atom. The molecule has 0 bridgehead atoms. The van der Waals surface area contributed by atoms with Crippen LogP contribution in [0.15, 0.2) is 39.7 Å². The molecule has 1 atom stereocenters. The van der Waals surface area contributed by atoms with Gasteiger partial charge in [-0.05, 0) is 44.2 Å². The zero-order chi connectivity index (χ0) is 16.5. The second-order valence-electron chi connectivity index (χ2n) is 5.10. The third-order valence-corrected chi connectivity index (χ3v) is 4.31. The van der Waals surface area contributed by atoms with Crippen LogP contribution >= 0.6 is 11.8 Å². The lowest BCUT2D eigenvalue weighted by molar-refractivity contribution is -0.138. The van der Waals surface area contributed by atoms with Crippen molar-refractivity contribution < 1.29 is 18.0 Å². The number of nitrogens with one attached hydrogen (secondary N) is 1. The van der Waals surface area contributed by atoms with E-state index in [1.807, 2.05) is 0 Å². The number of rotatable bonds is 2. The lowest BCUT2D eigenvalue weighted by atomic mass is 10.0. The number of allylic oxidation sites excluding steroid dienone is 1. The van der Waals surface area contributed by atoms with Crippen LogP contribution in [0.2, 0.25) is 0 Å². The molecule has 22 heavy (non-hydrogen) atoms. The van der Waals surface area contributed by atoms with Gasteiger partial charge in [0, 0.05) is 0 Å². The Bertz CT molecular complexity index is 661. The number of hydrogen-bond acceptors (Lipinski definition) is 3. The van der Waals surface area contributed by atoms with Gasteiger partial charge in [0.05, 0.1) is 16.5 Å². The minimum Gasteiger partial charge on any atom is -0.358 e. The van der Waals surface area contributed by atoms with Crippen molar-refractivity contribution in [3.63, 3.8) is 0 Å². The molecule has 0 aliphatic carbocycles. The van der Waals surface area contributed by atoms with Crippen LogP contribution in [0.4, 0.5) is 13.2 Å². The van der Waals surface area contributed by atoms with E-state index in [4.69, 9.17) is 0 Å². The number of benzene rings is 1. The van der Waals surface area contributed by atoms with Crippen LogP contribution in [-0.4, -0.2) is 11.1 Å². The van der Waals surface area contributed by atoms with Crippen LogP contribution in [0.25, 0.3) is 0 Å². The van der Waals surface area contributed by atoms with E-state index in [1.165, 1.54) is 12.1 Å². The molecule has 0 aromatic heterocycles. The summed E-state index contributed by atoms with van der Waals surface area (Å²) in [5.41, 5.74) is 0.266. The van der Waals surface area contributed by atoms with Crippen LogP contribution in [0, 0.1) is 0 Å². The van der Waals surface area contributed by atoms with Gasteiger partial charge in [-0.3, -0.25) is 4.79 Å². The SMILES string of the molecule is CC(C)=C1SC(N[C@@H](C)c2ccccc2C(F)(F)F)=NC1=O. The summed E-state index contributed by atoms with van der Waals surface area (Å²) in [4.78, 5) is 16.0. The molecular formula is C15H15F3N2OS. The topological polar surface area (TPSA) is 41.5 Å². The number of aliphatic imine (C=N–C) groups is 1. The summed E-state index contributed by atoms with van der Waals surface area (Å²) < 4.78 is 39.1. The van der Waals surface area contributed by atoms with Crippen molar-refractivity contribution in [2.75, 3.05) is 0 Å². The molecule has 3 nitrogen and oxygen atoms in total. The van der Waals surface area contributed by atoms with Crippen LogP contribution in [0.1, 0.15) is 37.9 Å². The van der Waals surface area contributed by atoms with Crippen LogP contribution in [-0.2, 0) is 11.0 Å². The Balaban J connectivity index is 2.22. The molecule has 1 aliphatic heterocycles.